The standard InChI is InChI=1S/C13H9BrClFN2O/c14-7-3-1-5-9(11(7)13(17)18)19-10-6-2-4-8(15)12(10)16/h1-6H,(H3,17,18). The van der Waals surface area contributed by atoms with E-state index >= 15 is 0 Å². The molecule has 19 heavy (non-hydrogen) atoms. The molecule has 0 atom stereocenters. The van der Waals surface area contributed by atoms with E-state index in [1.54, 1.807) is 24.3 Å². The maximum atomic E-state index is 13.8. The zero-order chi connectivity index (χ0) is 14.0. The van der Waals surface area contributed by atoms with Crippen molar-refractivity contribution in [3.05, 3.63) is 57.3 Å². The third-order valence-corrected chi connectivity index (χ3v) is 3.33. The largest absolute Gasteiger partial charge is 0.453 e. The van der Waals surface area contributed by atoms with Gasteiger partial charge in [0.25, 0.3) is 0 Å². The van der Waals surface area contributed by atoms with Crippen LogP contribution in [0, 0.1) is 11.2 Å². The summed E-state index contributed by atoms with van der Waals surface area (Å²) in [7, 11) is 0. The fourth-order valence-electron chi connectivity index (χ4n) is 1.53. The first-order valence-electron chi connectivity index (χ1n) is 5.25. The smallest absolute Gasteiger partial charge is 0.184 e. The molecule has 0 aliphatic carbocycles. The molecule has 0 amide bonds. The molecule has 0 spiro atoms. The van der Waals surface area contributed by atoms with Gasteiger partial charge in [-0.05, 0) is 40.2 Å². The van der Waals surface area contributed by atoms with E-state index in [1.165, 1.54) is 12.1 Å². The second kappa shape index (κ2) is 5.59. The Balaban J connectivity index is 2.47. The van der Waals surface area contributed by atoms with E-state index in [1.807, 2.05) is 0 Å². The topological polar surface area (TPSA) is 59.1 Å². The molecule has 0 saturated heterocycles. The van der Waals surface area contributed by atoms with Gasteiger partial charge in [-0.2, -0.15) is 0 Å². The van der Waals surface area contributed by atoms with Crippen LogP contribution in [0.5, 0.6) is 11.5 Å². The number of ether oxygens (including phenoxy) is 1. The van der Waals surface area contributed by atoms with Crippen LogP contribution in [0.3, 0.4) is 0 Å². The van der Waals surface area contributed by atoms with Crippen molar-refractivity contribution in [3.8, 4) is 11.5 Å². The predicted octanol–water partition coefficient (Wildman–Crippen LogP) is 4.32. The normalized spacial score (nSPS) is 10.3. The Hall–Kier alpha value is -1.59. The van der Waals surface area contributed by atoms with E-state index in [0.717, 1.165) is 0 Å². The Morgan fingerprint density at radius 3 is 2.53 bits per heavy atom. The summed E-state index contributed by atoms with van der Waals surface area (Å²) >= 11 is 8.96. The first kappa shape index (κ1) is 13.8. The van der Waals surface area contributed by atoms with Gasteiger partial charge in [0.05, 0.1) is 10.6 Å². The van der Waals surface area contributed by atoms with Crippen molar-refractivity contribution in [2.45, 2.75) is 0 Å². The summed E-state index contributed by atoms with van der Waals surface area (Å²) in [4.78, 5) is 0. The average Bonchev–Trinajstić information content (AvgIpc) is 2.34. The highest BCUT2D eigenvalue weighted by molar-refractivity contribution is 9.10. The van der Waals surface area contributed by atoms with E-state index in [0.29, 0.717) is 10.0 Å². The van der Waals surface area contributed by atoms with Crippen LogP contribution in [0.1, 0.15) is 5.56 Å². The Morgan fingerprint density at radius 1 is 1.21 bits per heavy atom. The molecule has 98 valence electrons. The number of nitrogens with one attached hydrogen (secondary N) is 1. The van der Waals surface area contributed by atoms with Crippen LogP contribution in [0.15, 0.2) is 40.9 Å². The molecule has 0 bridgehead atoms. The van der Waals surface area contributed by atoms with Gasteiger partial charge < -0.3 is 10.5 Å². The van der Waals surface area contributed by atoms with Gasteiger partial charge in [-0.3, -0.25) is 5.41 Å². The van der Waals surface area contributed by atoms with Gasteiger partial charge >= 0.3 is 0 Å². The quantitative estimate of drug-likeness (QED) is 0.644. The van der Waals surface area contributed by atoms with Gasteiger partial charge in [-0.25, -0.2) is 4.39 Å². The summed E-state index contributed by atoms with van der Waals surface area (Å²) in [5.74, 6) is -0.570. The molecule has 2 aromatic carbocycles. The van der Waals surface area contributed by atoms with Crippen molar-refractivity contribution >= 4 is 33.4 Å². The van der Waals surface area contributed by atoms with E-state index < -0.39 is 5.82 Å². The Kier molecular flexibility index (Phi) is 4.07. The molecule has 3 nitrogen and oxygen atoms in total. The fraction of sp³-hybridized carbons (Fsp3) is 0. The third-order valence-electron chi connectivity index (χ3n) is 2.38. The molecule has 0 radical (unpaired) electrons. The SMILES string of the molecule is N=C(N)c1c(Br)cccc1Oc1cccc(Cl)c1F. The van der Waals surface area contributed by atoms with Gasteiger partial charge in [0, 0.05) is 4.47 Å². The molecular weight excluding hydrogens is 335 g/mol. The number of hydrogen-bond donors (Lipinski definition) is 2. The van der Waals surface area contributed by atoms with Crippen LogP contribution in [0.2, 0.25) is 5.02 Å². The van der Waals surface area contributed by atoms with E-state index in [2.05, 4.69) is 15.9 Å². The molecule has 3 N–H and O–H groups in total. The van der Waals surface area contributed by atoms with Crippen LogP contribution >= 0.6 is 27.5 Å². The number of benzene rings is 2. The first-order chi connectivity index (χ1) is 9.00. The average molecular weight is 344 g/mol. The highest BCUT2D eigenvalue weighted by Crippen LogP contribution is 2.33. The molecule has 6 heteroatoms. The molecule has 0 fully saturated rings. The predicted molar refractivity (Wildman–Crippen MR) is 76.6 cm³/mol. The van der Waals surface area contributed by atoms with E-state index in [9.17, 15) is 4.39 Å². The van der Waals surface area contributed by atoms with Gasteiger partial charge in [0.2, 0.25) is 0 Å². The van der Waals surface area contributed by atoms with Crippen LogP contribution in [0.4, 0.5) is 4.39 Å². The molecule has 2 aromatic rings. The lowest BCUT2D eigenvalue weighted by Crippen LogP contribution is -2.13. The maximum absolute atomic E-state index is 13.8. The monoisotopic (exact) mass is 342 g/mol. The highest BCUT2D eigenvalue weighted by atomic mass is 79.9. The minimum absolute atomic E-state index is 0.0203. The van der Waals surface area contributed by atoms with Crippen molar-refractivity contribution in [2.75, 3.05) is 0 Å². The van der Waals surface area contributed by atoms with E-state index in [-0.39, 0.29) is 22.4 Å². The summed E-state index contributed by atoms with van der Waals surface area (Å²) in [5.41, 5.74) is 5.85. The number of halogens is 3. The Morgan fingerprint density at radius 2 is 1.84 bits per heavy atom. The van der Waals surface area contributed by atoms with Crippen molar-refractivity contribution in [1.82, 2.24) is 0 Å². The first-order valence-corrected chi connectivity index (χ1v) is 6.42. The fourth-order valence-corrected chi connectivity index (χ4v) is 2.26. The lowest BCUT2D eigenvalue weighted by molar-refractivity contribution is 0.441. The lowest BCUT2D eigenvalue weighted by Gasteiger charge is -2.12. The molecule has 0 aromatic heterocycles. The molecule has 0 heterocycles. The van der Waals surface area contributed by atoms with Crippen LogP contribution < -0.4 is 10.5 Å². The summed E-state index contributed by atoms with van der Waals surface area (Å²) in [6, 6.07) is 9.48. The third kappa shape index (κ3) is 2.88. The van der Waals surface area contributed by atoms with Crippen LogP contribution in [-0.4, -0.2) is 5.84 Å². The number of rotatable bonds is 3. The van der Waals surface area contributed by atoms with Crippen LogP contribution in [-0.2, 0) is 0 Å². The maximum Gasteiger partial charge on any atom is 0.184 e. The lowest BCUT2D eigenvalue weighted by atomic mass is 10.2. The van der Waals surface area contributed by atoms with Gasteiger partial charge in [-0.15, -0.1) is 0 Å². The summed E-state index contributed by atoms with van der Waals surface area (Å²) < 4.78 is 19.8. The molecule has 0 saturated carbocycles. The molecule has 0 aliphatic rings. The van der Waals surface area contributed by atoms with Crippen molar-refractivity contribution < 1.29 is 9.13 Å². The summed E-state index contributed by atoms with van der Waals surface area (Å²) in [6.07, 6.45) is 0. The minimum Gasteiger partial charge on any atom is -0.453 e. The second-order valence-corrected chi connectivity index (χ2v) is 4.94. The van der Waals surface area contributed by atoms with Gasteiger partial charge in [0.1, 0.15) is 11.6 Å². The molecule has 0 unspecified atom stereocenters. The molecular formula is C13H9BrClFN2O. The zero-order valence-corrected chi connectivity index (χ0v) is 11.9. The van der Waals surface area contributed by atoms with Gasteiger partial charge in [-0.1, -0.05) is 23.7 Å². The van der Waals surface area contributed by atoms with Crippen molar-refractivity contribution in [3.63, 3.8) is 0 Å². The Bertz CT molecular complexity index is 649. The number of amidine groups is 1. The minimum atomic E-state index is -0.654. The number of hydrogen-bond acceptors (Lipinski definition) is 2. The number of nitrogen functional groups attached to an aromatic ring is 1. The number of nitrogens with two attached hydrogens (primary N) is 1. The molecule has 2 rings (SSSR count). The summed E-state index contributed by atoms with van der Waals surface area (Å²) in [6.45, 7) is 0. The van der Waals surface area contributed by atoms with Gasteiger partial charge in [0.15, 0.2) is 11.6 Å². The van der Waals surface area contributed by atoms with Crippen molar-refractivity contribution in [2.24, 2.45) is 5.73 Å². The Labute approximate surface area is 122 Å². The second-order valence-electron chi connectivity index (χ2n) is 3.68. The van der Waals surface area contributed by atoms with Crippen LogP contribution in [0.25, 0.3) is 0 Å². The summed E-state index contributed by atoms with van der Waals surface area (Å²) in [5, 5.41) is 7.50. The molecule has 0 aliphatic heterocycles. The van der Waals surface area contributed by atoms with E-state index in [4.69, 9.17) is 27.5 Å². The highest BCUT2D eigenvalue weighted by Gasteiger charge is 2.14. The van der Waals surface area contributed by atoms with Crippen molar-refractivity contribution in [1.29, 1.82) is 5.41 Å². The zero-order valence-electron chi connectivity index (χ0n) is 9.58.